The summed E-state index contributed by atoms with van der Waals surface area (Å²) in [4.78, 5) is 8.56. The third-order valence-corrected chi connectivity index (χ3v) is 2.86. The van der Waals surface area contributed by atoms with Crippen molar-refractivity contribution in [3.63, 3.8) is 0 Å². The van der Waals surface area contributed by atoms with Crippen molar-refractivity contribution in [1.29, 1.82) is 5.26 Å². The lowest BCUT2D eigenvalue weighted by atomic mass is 10.2. The van der Waals surface area contributed by atoms with Gasteiger partial charge in [0.2, 0.25) is 0 Å². The highest BCUT2D eigenvalue weighted by Crippen LogP contribution is 2.24. The molecule has 0 radical (unpaired) electrons. The zero-order valence-electron chi connectivity index (χ0n) is 11.5. The number of nitrogens with two attached hydrogens (primary N) is 1. The maximum Gasteiger partial charge on any atom is 0.153 e. The van der Waals surface area contributed by atoms with Crippen molar-refractivity contribution in [2.24, 2.45) is 0 Å². The average molecular weight is 247 g/mol. The standard InChI is InChI=1S/C13H21N5/c1-5-18(10(2)9-17(3)4)13-12(15)11(8-14)6-7-16-13/h6-7,10H,5,9,15H2,1-4H3. The fourth-order valence-electron chi connectivity index (χ4n) is 2.09. The van der Waals surface area contributed by atoms with E-state index in [1.807, 2.05) is 14.1 Å². The minimum atomic E-state index is 0.286. The van der Waals surface area contributed by atoms with Gasteiger partial charge in [-0.2, -0.15) is 5.26 Å². The molecule has 0 fully saturated rings. The molecular formula is C13H21N5. The minimum Gasteiger partial charge on any atom is -0.395 e. The molecule has 0 spiro atoms. The van der Waals surface area contributed by atoms with E-state index in [0.29, 0.717) is 17.1 Å². The number of nitrogens with zero attached hydrogens (tertiary/aromatic N) is 4. The second kappa shape index (κ2) is 6.22. The van der Waals surface area contributed by atoms with Gasteiger partial charge in [0.05, 0.1) is 11.3 Å². The largest absolute Gasteiger partial charge is 0.395 e. The topological polar surface area (TPSA) is 69.2 Å². The molecule has 0 saturated carbocycles. The van der Waals surface area contributed by atoms with Crippen LogP contribution in [0.4, 0.5) is 11.5 Å². The van der Waals surface area contributed by atoms with Gasteiger partial charge in [0.25, 0.3) is 0 Å². The molecule has 0 amide bonds. The summed E-state index contributed by atoms with van der Waals surface area (Å²) in [6, 6.07) is 4.02. The average Bonchev–Trinajstić information content (AvgIpc) is 2.31. The van der Waals surface area contributed by atoms with Crippen molar-refractivity contribution in [3.8, 4) is 6.07 Å². The lowest BCUT2D eigenvalue weighted by molar-refractivity contribution is 0.372. The Morgan fingerprint density at radius 2 is 2.17 bits per heavy atom. The monoisotopic (exact) mass is 247 g/mol. The fraction of sp³-hybridized carbons (Fsp3) is 0.538. The van der Waals surface area contributed by atoms with Gasteiger partial charge in [-0.1, -0.05) is 0 Å². The van der Waals surface area contributed by atoms with E-state index in [4.69, 9.17) is 11.0 Å². The van der Waals surface area contributed by atoms with E-state index in [-0.39, 0.29) is 6.04 Å². The molecule has 0 aliphatic heterocycles. The van der Waals surface area contributed by atoms with Crippen LogP contribution in [-0.2, 0) is 0 Å². The van der Waals surface area contributed by atoms with Crippen LogP contribution in [0.2, 0.25) is 0 Å². The minimum absolute atomic E-state index is 0.286. The summed E-state index contributed by atoms with van der Waals surface area (Å²) in [5, 5.41) is 9.00. The van der Waals surface area contributed by atoms with Crippen molar-refractivity contribution in [1.82, 2.24) is 9.88 Å². The van der Waals surface area contributed by atoms with Crippen LogP contribution in [0.15, 0.2) is 12.3 Å². The summed E-state index contributed by atoms with van der Waals surface area (Å²) < 4.78 is 0. The van der Waals surface area contributed by atoms with Crippen LogP contribution in [0.25, 0.3) is 0 Å². The Morgan fingerprint density at radius 3 is 2.67 bits per heavy atom. The summed E-state index contributed by atoms with van der Waals surface area (Å²) in [7, 11) is 4.07. The second-order valence-electron chi connectivity index (χ2n) is 4.60. The van der Waals surface area contributed by atoms with Gasteiger partial charge >= 0.3 is 0 Å². The fourth-order valence-corrected chi connectivity index (χ4v) is 2.09. The molecule has 0 bridgehead atoms. The van der Waals surface area contributed by atoms with Crippen LogP contribution in [0.1, 0.15) is 19.4 Å². The first-order valence-electron chi connectivity index (χ1n) is 6.07. The number of nitrogen functional groups attached to an aromatic ring is 1. The quantitative estimate of drug-likeness (QED) is 0.849. The van der Waals surface area contributed by atoms with Gasteiger partial charge in [-0.15, -0.1) is 0 Å². The molecule has 0 aliphatic carbocycles. The molecule has 18 heavy (non-hydrogen) atoms. The van der Waals surface area contributed by atoms with Crippen LogP contribution in [-0.4, -0.2) is 43.1 Å². The number of pyridine rings is 1. The molecule has 1 rings (SSSR count). The van der Waals surface area contributed by atoms with Gasteiger partial charge in [0.15, 0.2) is 5.82 Å². The number of aromatic nitrogens is 1. The molecule has 1 aromatic rings. The van der Waals surface area contributed by atoms with Crippen molar-refractivity contribution < 1.29 is 0 Å². The Morgan fingerprint density at radius 1 is 1.50 bits per heavy atom. The molecule has 1 aromatic heterocycles. The van der Waals surface area contributed by atoms with E-state index < -0.39 is 0 Å². The Kier molecular flexibility index (Phi) is 4.93. The van der Waals surface area contributed by atoms with E-state index in [1.54, 1.807) is 12.3 Å². The van der Waals surface area contributed by atoms with E-state index in [9.17, 15) is 0 Å². The molecule has 0 aromatic carbocycles. The normalized spacial score (nSPS) is 12.2. The number of hydrogen-bond donors (Lipinski definition) is 1. The van der Waals surface area contributed by atoms with Gasteiger partial charge in [-0.05, 0) is 34.0 Å². The SMILES string of the molecule is CCN(c1nccc(C#N)c1N)C(C)CN(C)C. The zero-order chi connectivity index (χ0) is 13.7. The first-order valence-corrected chi connectivity index (χ1v) is 6.07. The Labute approximate surface area is 109 Å². The summed E-state index contributed by atoms with van der Waals surface area (Å²) in [5.74, 6) is 0.700. The molecular weight excluding hydrogens is 226 g/mol. The van der Waals surface area contributed by atoms with Gasteiger partial charge < -0.3 is 15.5 Å². The third-order valence-electron chi connectivity index (χ3n) is 2.86. The Balaban J connectivity index is 3.06. The summed E-state index contributed by atoms with van der Waals surface area (Å²) in [5.41, 5.74) is 6.95. The van der Waals surface area contributed by atoms with Crippen LogP contribution < -0.4 is 10.6 Å². The van der Waals surface area contributed by atoms with Crippen molar-refractivity contribution in [2.45, 2.75) is 19.9 Å². The first kappa shape index (κ1) is 14.3. The van der Waals surface area contributed by atoms with Gasteiger partial charge in [0, 0.05) is 25.3 Å². The van der Waals surface area contributed by atoms with Crippen molar-refractivity contribution >= 4 is 11.5 Å². The molecule has 2 N–H and O–H groups in total. The number of hydrogen-bond acceptors (Lipinski definition) is 5. The van der Waals surface area contributed by atoms with Crippen LogP contribution in [0, 0.1) is 11.3 Å². The summed E-state index contributed by atoms with van der Waals surface area (Å²) in [6.07, 6.45) is 1.63. The predicted octanol–water partition coefficient (Wildman–Crippen LogP) is 1.31. The maximum absolute atomic E-state index is 9.00. The molecule has 0 aliphatic rings. The Hall–Kier alpha value is -1.80. The number of likely N-dealkylation sites (N-methyl/N-ethyl adjacent to an activating group) is 2. The molecule has 1 unspecified atom stereocenters. The molecule has 5 nitrogen and oxygen atoms in total. The second-order valence-corrected chi connectivity index (χ2v) is 4.60. The smallest absolute Gasteiger partial charge is 0.153 e. The van der Waals surface area contributed by atoms with E-state index in [2.05, 4.69) is 34.7 Å². The van der Waals surface area contributed by atoms with Gasteiger partial charge in [-0.25, -0.2) is 4.98 Å². The van der Waals surface area contributed by atoms with Crippen LogP contribution in [0.5, 0.6) is 0 Å². The lowest BCUT2D eigenvalue weighted by Gasteiger charge is -2.31. The highest BCUT2D eigenvalue weighted by atomic mass is 15.2. The number of rotatable bonds is 5. The van der Waals surface area contributed by atoms with Crippen molar-refractivity contribution in [3.05, 3.63) is 17.8 Å². The van der Waals surface area contributed by atoms with Crippen molar-refractivity contribution in [2.75, 3.05) is 37.8 Å². The number of anilines is 2. The van der Waals surface area contributed by atoms with E-state index >= 15 is 0 Å². The highest BCUT2D eigenvalue weighted by Gasteiger charge is 2.18. The maximum atomic E-state index is 9.00. The molecule has 5 heteroatoms. The van der Waals surface area contributed by atoms with E-state index in [1.165, 1.54) is 0 Å². The third kappa shape index (κ3) is 3.11. The predicted molar refractivity (Wildman–Crippen MR) is 74.4 cm³/mol. The van der Waals surface area contributed by atoms with Crippen LogP contribution >= 0.6 is 0 Å². The summed E-state index contributed by atoms with van der Waals surface area (Å²) in [6.45, 7) is 5.91. The molecule has 1 atom stereocenters. The molecule has 98 valence electrons. The molecule has 1 heterocycles. The van der Waals surface area contributed by atoms with Gasteiger partial charge in [0.1, 0.15) is 6.07 Å². The highest BCUT2D eigenvalue weighted by molar-refractivity contribution is 5.70. The Bertz CT molecular complexity index is 435. The van der Waals surface area contributed by atoms with E-state index in [0.717, 1.165) is 13.1 Å². The summed E-state index contributed by atoms with van der Waals surface area (Å²) >= 11 is 0. The lowest BCUT2D eigenvalue weighted by Crippen LogP contribution is -2.41. The first-order chi connectivity index (χ1) is 8.51. The number of nitriles is 1. The van der Waals surface area contributed by atoms with Gasteiger partial charge in [-0.3, -0.25) is 0 Å². The molecule has 0 saturated heterocycles. The van der Waals surface area contributed by atoms with Crippen LogP contribution in [0.3, 0.4) is 0 Å². The zero-order valence-corrected chi connectivity index (χ0v) is 11.5.